The highest BCUT2D eigenvalue weighted by Crippen LogP contribution is 2.33. The van der Waals surface area contributed by atoms with Crippen LogP contribution in [-0.2, 0) is 20.9 Å². The summed E-state index contributed by atoms with van der Waals surface area (Å²) in [7, 11) is 0. The van der Waals surface area contributed by atoms with Crippen molar-refractivity contribution < 1.29 is 28.0 Å². The molecule has 0 aliphatic carbocycles. The molecule has 36 heavy (non-hydrogen) atoms. The average molecular weight is 489 g/mol. The van der Waals surface area contributed by atoms with Gasteiger partial charge in [0, 0.05) is 6.42 Å². The number of hydrogen-bond donors (Lipinski definition) is 1. The lowest BCUT2D eigenvalue weighted by Gasteiger charge is -2.19. The number of amides is 2. The van der Waals surface area contributed by atoms with Crippen molar-refractivity contribution in [3.8, 4) is 0 Å². The molecule has 4 aromatic rings. The van der Waals surface area contributed by atoms with Crippen LogP contribution in [0.15, 0.2) is 81.3 Å². The van der Waals surface area contributed by atoms with Crippen molar-refractivity contribution in [1.82, 2.24) is 25.2 Å². The van der Waals surface area contributed by atoms with Crippen LogP contribution in [0.1, 0.15) is 34.3 Å². The molecule has 0 fully saturated rings. The van der Waals surface area contributed by atoms with Crippen LogP contribution in [0.5, 0.6) is 0 Å². The van der Waals surface area contributed by atoms with E-state index in [9.17, 15) is 14.4 Å². The number of nitrogens with zero attached hydrogens (tertiary/aromatic N) is 6. The van der Waals surface area contributed by atoms with Gasteiger partial charge in [-0.1, -0.05) is 12.1 Å². The third-order valence-corrected chi connectivity index (χ3v) is 5.29. The Labute approximate surface area is 203 Å². The SMILES string of the molecule is O=C(Cn1cnnn1)Nc1ccccc1C(=O)OCC(=O)N1N=C(c2ccco2)CC1c1ccco1. The number of esters is 1. The molecular formula is C23H19N7O6. The second-order valence-corrected chi connectivity index (χ2v) is 7.67. The first-order valence-electron chi connectivity index (χ1n) is 10.8. The molecule has 1 atom stereocenters. The summed E-state index contributed by atoms with van der Waals surface area (Å²) in [5, 5.41) is 18.8. The zero-order valence-corrected chi connectivity index (χ0v) is 18.7. The summed E-state index contributed by atoms with van der Waals surface area (Å²) < 4.78 is 17.4. The fourth-order valence-electron chi connectivity index (χ4n) is 3.67. The molecule has 1 unspecified atom stereocenters. The number of rotatable bonds is 8. The fraction of sp³-hybridized carbons (Fsp3) is 0.174. The van der Waals surface area contributed by atoms with Gasteiger partial charge in [0.15, 0.2) is 6.61 Å². The number of carbonyl (C=O) groups is 3. The van der Waals surface area contributed by atoms with Crippen LogP contribution in [0, 0.1) is 0 Å². The van der Waals surface area contributed by atoms with E-state index in [4.69, 9.17) is 13.6 Å². The summed E-state index contributed by atoms with van der Waals surface area (Å²) in [4.78, 5) is 38.1. The summed E-state index contributed by atoms with van der Waals surface area (Å²) in [6.45, 7) is -0.716. The van der Waals surface area contributed by atoms with E-state index in [-0.39, 0.29) is 17.8 Å². The molecule has 2 amide bonds. The molecule has 13 heteroatoms. The van der Waals surface area contributed by atoms with Crippen molar-refractivity contribution in [2.45, 2.75) is 19.0 Å². The third kappa shape index (κ3) is 4.89. The van der Waals surface area contributed by atoms with Gasteiger partial charge in [0.2, 0.25) is 5.91 Å². The Kier molecular flexibility index (Phi) is 6.34. The number of aromatic nitrogens is 4. The Balaban J connectivity index is 1.26. The number of nitrogens with one attached hydrogen (secondary N) is 1. The lowest BCUT2D eigenvalue weighted by molar-refractivity contribution is -0.136. The van der Waals surface area contributed by atoms with Crippen LogP contribution < -0.4 is 5.32 Å². The second kappa shape index (κ2) is 10.0. The van der Waals surface area contributed by atoms with Crippen molar-refractivity contribution in [1.29, 1.82) is 0 Å². The van der Waals surface area contributed by atoms with Gasteiger partial charge in [-0.05, 0) is 46.8 Å². The Bertz CT molecular complexity index is 1380. The summed E-state index contributed by atoms with van der Waals surface area (Å²) in [6.07, 6.45) is 4.69. The highest BCUT2D eigenvalue weighted by atomic mass is 16.5. The quantitative estimate of drug-likeness (QED) is 0.366. The molecular weight excluding hydrogens is 470 g/mol. The van der Waals surface area contributed by atoms with Crippen LogP contribution in [0.3, 0.4) is 0 Å². The summed E-state index contributed by atoms with van der Waals surface area (Å²) >= 11 is 0. The highest BCUT2D eigenvalue weighted by Gasteiger charge is 2.36. The fourth-order valence-corrected chi connectivity index (χ4v) is 3.67. The number of ether oxygens (including phenoxy) is 1. The third-order valence-electron chi connectivity index (χ3n) is 5.29. The van der Waals surface area contributed by atoms with E-state index >= 15 is 0 Å². The first-order chi connectivity index (χ1) is 17.6. The van der Waals surface area contributed by atoms with Crippen LogP contribution in [-0.4, -0.2) is 55.3 Å². The molecule has 1 aromatic carbocycles. The molecule has 182 valence electrons. The van der Waals surface area contributed by atoms with Crippen molar-refractivity contribution in [3.63, 3.8) is 0 Å². The molecule has 0 saturated carbocycles. The monoisotopic (exact) mass is 489 g/mol. The number of benzene rings is 1. The molecule has 1 aliphatic rings. The van der Waals surface area contributed by atoms with Crippen LogP contribution in [0.25, 0.3) is 0 Å². The maximum absolute atomic E-state index is 13.0. The second-order valence-electron chi connectivity index (χ2n) is 7.67. The van der Waals surface area contributed by atoms with Gasteiger partial charge >= 0.3 is 5.97 Å². The van der Waals surface area contributed by atoms with E-state index < -0.39 is 30.4 Å². The highest BCUT2D eigenvalue weighted by molar-refractivity contribution is 6.03. The van der Waals surface area contributed by atoms with Gasteiger partial charge in [0.1, 0.15) is 36.1 Å². The molecule has 0 bridgehead atoms. The van der Waals surface area contributed by atoms with Crippen LogP contribution >= 0.6 is 0 Å². The first kappa shape index (κ1) is 22.7. The minimum Gasteiger partial charge on any atom is -0.467 e. The zero-order chi connectivity index (χ0) is 24.9. The van der Waals surface area contributed by atoms with Crippen LogP contribution in [0.4, 0.5) is 5.69 Å². The number of tetrazole rings is 1. The summed E-state index contributed by atoms with van der Waals surface area (Å²) in [5.41, 5.74) is 0.872. The van der Waals surface area contributed by atoms with Crippen LogP contribution in [0.2, 0.25) is 0 Å². The molecule has 4 heterocycles. The molecule has 1 N–H and O–H groups in total. The lowest BCUT2D eigenvalue weighted by atomic mass is 10.1. The standard InChI is InChI=1S/C23H19N7O6/c31-21(12-29-14-24-27-28-29)25-16-6-2-1-5-15(16)23(33)36-13-22(32)30-18(20-8-4-10-35-20)11-17(26-30)19-7-3-9-34-19/h1-10,14,18H,11-13H2,(H,25,31). The molecule has 3 aromatic heterocycles. The predicted molar refractivity (Wildman–Crippen MR) is 121 cm³/mol. The molecule has 0 saturated heterocycles. The van der Waals surface area contributed by atoms with E-state index in [0.717, 1.165) is 0 Å². The first-order valence-corrected chi connectivity index (χ1v) is 10.8. The topological polar surface area (TPSA) is 158 Å². The molecule has 13 nitrogen and oxygen atoms in total. The number of furan rings is 2. The number of carbonyl (C=O) groups excluding carboxylic acids is 3. The Morgan fingerprint density at radius 2 is 1.89 bits per heavy atom. The smallest absolute Gasteiger partial charge is 0.340 e. The van der Waals surface area contributed by atoms with E-state index in [2.05, 4.69) is 25.9 Å². The normalized spacial score (nSPS) is 14.9. The zero-order valence-electron chi connectivity index (χ0n) is 18.7. The summed E-state index contributed by atoms with van der Waals surface area (Å²) in [5.74, 6) is -0.713. The van der Waals surface area contributed by atoms with Gasteiger partial charge in [0.05, 0.1) is 23.8 Å². The van der Waals surface area contributed by atoms with E-state index in [1.807, 2.05) is 0 Å². The van der Waals surface area contributed by atoms with Gasteiger partial charge in [-0.2, -0.15) is 5.10 Å². The van der Waals surface area contributed by atoms with Gasteiger partial charge in [-0.3, -0.25) is 9.59 Å². The lowest BCUT2D eigenvalue weighted by Crippen LogP contribution is -2.31. The Morgan fingerprint density at radius 1 is 1.06 bits per heavy atom. The minimum absolute atomic E-state index is 0.0825. The minimum atomic E-state index is -0.786. The Morgan fingerprint density at radius 3 is 2.64 bits per heavy atom. The van der Waals surface area contributed by atoms with Crippen molar-refractivity contribution >= 4 is 29.2 Å². The van der Waals surface area contributed by atoms with Crippen molar-refractivity contribution in [2.75, 3.05) is 11.9 Å². The molecule has 1 aliphatic heterocycles. The van der Waals surface area contributed by atoms with Crippen molar-refractivity contribution in [2.24, 2.45) is 5.10 Å². The molecule has 5 rings (SSSR count). The van der Waals surface area contributed by atoms with Gasteiger partial charge < -0.3 is 18.9 Å². The molecule has 0 radical (unpaired) electrons. The van der Waals surface area contributed by atoms with E-state index in [0.29, 0.717) is 23.7 Å². The van der Waals surface area contributed by atoms with Gasteiger partial charge in [-0.15, -0.1) is 5.10 Å². The average Bonchev–Trinajstić information content (AvgIpc) is 3.69. The molecule has 0 spiro atoms. The predicted octanol–water partition coefficient (Wildman–Crippen LogP) is 2.03. The Hall–Kier alpha value is -5.07. The van der Waals surface area contributed by atoms with Crippen molar-refractivity contribution in [3.05, 3.63) is 84.5 Å². The number of para-hydroxylation sites is 1. The number of anilines is 1. The van der Waals surface area contributed by atoms with E-state index in [1.165, 1.54) is 34.6 Å². The maximum Gasteiger partial charge on any atom is 0.340 e. The largest absolute Gasteiger partial charge is 0.467 e. The van der Waals surface area contributed by atoms with Gasteiger partial charge in [-0.25, -0.2) is 14.5 Å². The number of hydrazone groups is 1. The maximum atomic E-state index is 13.0. The summed E-state index contributed by atoms with van der Waals surface area (Å²) in [6, 6.07) is 12.7. The van der Waals surface area contributed by atoms with Gasteiger partial charge in [0.25, 0.3) is 5.91 Å². The van der Waals surface area contributed by atoms with E-state index in [1.54, 1.807) is 42.5 Å². The number of hydrogen-bond acceptors (Lipinski definition) is 10.